The SMILES string of the molecule is Cn1c(=O)nc(Cl)c2nc(Cl)ccc21. The van der Waals surface area contributed by atoms with Crippen molar-refractivity contribution in [3.63, 3.8) is 0 Å². The Morgan fingerprint density at radius 3 is 2.71 bits per heavy atom. The van der Waals surface area contributed by atoms with Crippen molar-refractivity contribution < 1.29 is 0 Å². The molecule has 0 atom stereocenters. The number of nitrogens with zero attached hydrogens (tertiary/aromatic N) is 3. The van der Waals surface area contributed by atoms with Crippen molar-refractivity contribution in [2.75, 3.05) is 0 Å². The van der Waals surface area contributed by atoms with Crippen LogP contribution in [0.15, 0.2) is 16.9 Å². The molecule has 14 heavy (non-hydrogen) atoms. The van der Waals surface area contributed by atoms with Crippen LogP contribution >= 0.6 is 23.2 Å². The predicted octanol–water partition coefficient (Wildman–Crippen LogP) is 1.64. The zero-order chi connectivity index (χ0) is 10.3. The first kappa shape index (κ1) is 9.43. The Balaban J connectivity index is 3.02. The van der Waals surface area contributed by atoms with Gasteiger partial charge in [0.05, 0.1) is 5.52 Å². The average Bonchev–Trinajstić information content (AvgIpc) is 2.14. The summed E-state index contributed by atoms with van der Waals surface area (Å²) in [5.74, 6) is 0. The molecule has 2 aromatic heterocycles. The van der Waals surface area contributed by atoms with E-state index in [9.17, 15) is 4.79 Å². The number of pyridine rings is 1. The van der Waals surface area contributed by atoms with E-state index in [1.165, 1.54) is 4.57 Å². The van der Waals surface area contributed by atoms with Crippen molar-refractivity contribution in [3.05, 3.63) is 32.9 Å². The summed E-state index contributed by atoms with van der Waals surface area (Å²) in [5.41, 5.74) is 0.632. The van der Waals surface area contributed by atoms with Gasteiger partial charge in [-0.15, -0.1) is 0 Å². The van der Waals surface area contributed by atoms with Crippen LogP contribution in [0, 0.1) is 0 Å². The monoisotopic (exact) mass is 229 g/mol. The summed E-state index contributed by atoms with van der Waals surface area (Å²) in [5, 5.41) is 0.394. The summed E-state index contributed by atoms with van der Waals surface area (Å²) in [6.45, 7) is 0. The molecular weight excluding hydrogens is 225 g/mol. The first-order valence-electron chi connectivity index (χ1n) is 3.78. The van der Waals surface area contributed by atoms with Crippen molar-refractivity contribution in [1.29, 1.82) is 0 Å². The summed E-state index contributed by atoms with van der Waals surface area (Å²) < 4.78 is 1.37. The van der Waals surface area contributed by atoms with E-state index < -0.39 is 5.69 Å². The van der Waals surface area contributed by atoms with E-state index in [1.807, 2.05) is 0 Å². The van der Waals surface area contributed by atoms with Crippen molar-refractivity contribution in [2.45, 2.75) is 0 Å². The topological polar surface area (TPSA) is 47.8 Å². The number of hydrogen-bond acceptors (Lipinski definition) is 3. The van der Waals surface area contributed by atoms with Gasteiger partial charge < -0.3 is 0 Å². The van der Waals surface area contributed by atoms with E-state index in [2.05, 4.69) is 9.97 Å². The van der Waals surface area contributed by atoms with Crippen LogP contribution < -0.4 is 5.69 Å². The van der Waals surface area contributed by atoms with Gasteiger partial charge >= 0.3 is 5.69 Å². The second-order valence-corrected chi connectivity index (χ2v) is 3.49. The lowest BCUT2D eigenvalue weighted by molar-refractivity contribution is 0.850. The van der Waals surface area contributed by atoms with Crippen molar-refractivity contribution in [2.24, 2.45) is 7.05 Å². The van der Waals surface area contributed by atoms with Gasteiger partial charge in [-0.25, -0.2) is 9.78 Å². The third-order valence-corrected chi connectivity index (χ3v) is 2.35. The molecule has 0 spiro atoms. The van der Waals surface area contributed by atoms with E-state index in [0.717, 1.165) is 0 Å². The molecule has 0 saturated carbocycles. The van der Waals surface area contributed by atoms with Crippen LogP contribution in [-0.2, 0) is 7.05 Å². The average molecular weight is 230 g/mol. The first-order valence-corrected chi connectivity index (χ1v) is 4.54. The van der Waals surface area contributed by atoms with E-state index in [-0.39, 0.29) is 5.15 Å². The smallest absolute Gasteiger partial charge is 0.293 e. The standard InChI is InChI=1S/C8H5Cl2N3O/c1-13-4-2-3-5(9)11-6(4)7(10)12-8(13)14/h2-3H,1H3. The zero-order valence-electron chi connectivity index (χ0n) is 7.16. The van der Waals surface area contributed by atoms with Crippen molar-refractivity contribution in [3.8, 4) is 0 Å². The molecule has 2 heterocycles. The van der Waals surface area contributed by atoms with E-state index in [4.69, 9.17) is 23.2 Å². The van der Waals surface area contributed by atoms with Crippen LogP contribution in [0.2, 0.25) is 10.3 Å². The minimum Gasteiger partial charge on any atom is -0.293 e. The molecule has 0 amide bonds. The molecule has 0 aliphatic rings. The molecule has 0 radical (unpaired) electrons. The van der Waals surface area contributed by atoms with Crippen LogP contribution in [0.1, 0.15) is 0 Å². The first-order chi connectivity index (χ1) is 6.59. The number of hydrogen-bond donors (Lipinski definition) is 0. The van der Waals surface area contributed by atoms with Gasteiger partial charge in [0.15, 0.2) is 5.15 Å². The lowest BCUT2D eigenvalue weighted by Crippen LogP contribution is -2.20. The molecule has 72 valence electrons. The molecule has 2 aromatic rings. The minimum absolute atomic E-state index is 0.0746. The second kappa shape index (κ2) is 3.22. The van der Waals surface area contributed by atoms with Gasteiger partial charge in [-0.05, 0) is 12.1 Å². The fourth-order valence-corrected chi connectivity index (χ4v) is 1.52. The minimum atomic E-state index is -0.411. The van der Waals surface area contributed by atoms with Crippen LogP contribution in [0.25, 0.3) is 11.0 Å². The Hall–Kier alpha value is -1.13. The highest BCUT2D eigenvalue weighted by Gasteiger charge is 2.07. The van der Waals surface area contributed by atoms with Crippen LogP contribution in [-0.4, -0.2) is 14.5 Å². The number of rotatable bonds is 0. The molecule has 0 fully saturated rings. The molecular formula is C8H5Cl2N3O. The van der Waals surface area contributed by atoms with Gasteiger partial charge in [0, 0.05) is 7.05 Å². The number of aromatic nitrogens is 3. The van der Waals surface area contributed by atoms with Crippen LogP contribution in [0.5, 0.6) is 0 Å². The second-order valence-electron chi connectivity index (χ2n) is 2.75. The van der Waals surface area contributed by atoms with Crippen molar-refractivity contribution in [1.82, 2.24) is 14.5 Å². The third kappa shape index (κ3) is 1.36. The molecule has 0 saturated heterocycles. The Bertz CT molecular complexity index is 564. The zero-order valence-corrected chi connectivity index (χ0v) is 8.67. The molecule has 0 N–H and O–H groups in total. The summed E-state index contributed by atoms with van der Waals surface area (Å²) in [6, 6.07) is 3.28. The molecule has 0 aliphatic carbocycles. The molecule has 4 nitrogen and oxygen atoms in total. The molecule has 0 aromatic carbocycles. The van der Waals surface area contributed by atoms with Gasteiger partial charge in [0.2, 0.25) is 0 Å². The summed E-state index contributed by atoms with van der Waals surface area (Å²) in [7, 11) is 1.60. The molecule has 6 heteroatoms. The Morgan fingerprint density at radius 1 is 1.29 bits per heavy atom. The largest absolute Gasteiger partial charge is 0.349 e. The lowest BCUT2D eigenvalue weighted by atomic mass is 10.3. The highest BCUT2D eigenvalue weighted by atomic mass is 35.5. The Labute approximate surface area is 89.1 Å². The molecule has 0 aliphatic heterocycles. The Kier molecular flexibility index (Phi) is 2.17. The predicted molar refractivity (Wildman–Crippen MR) is 54.8 cm³/mol. The molecule has 2 rings (SSSR count). The van der Waals surface area contributed by atoms with Gasteiger partial charge in [-0.3, -0.25) is 4.57 Å². The molecule has 0 bridgehead atoms. The normalized spacial score (nSPS) is 10.8. The summed E-state index contributed by atoms with van der Waals surface area (Å²) >= 11 is 11.5. The van der Waals surface area contributed by atoms with E-state index in [0.29, 0.717) is 16.2 Å². The van der Waals surface area contributed by atoms with Crippen LogP contribution in [0.3, 0.4) is 0 Å². The summed E-state index contributed by atoms with van der Waals surface area (Å²) in [6.07, 6.45) is 0. The summed E-state index contributed by atoms with van der Waals surface area (Å²) in [4.78, 5) is 18.8. The fourth-order valence-electron chi connectivity index (χ4n) is 1.17. The maximum Gasteiger partial charge on any atom is 0.349 e. The molecule has 0 unspecified atom stereocenters. The van der Waals surface area contributed by atoms with E-state index >= 15 is 0 Å². The quantitative estimate of drug-likeness (QED) is 0.510. The maximum absolute atomic E-state index is 11.2. The van der Waals surface area contributed by atoms with Gasteiger partial charge in [0.25, 0.3) is 0 Å². The maximum atomic E-state index is 11.2. The highest BCUT2D eigenvalue weighted by Crippen LogP contribution is 2.18. The number of aryl methyl sites for hydroxylation is 1. The Morgan fingerprint density at radius 2 is 2.00 bits per heavy atom. The van der Waals surface area contributed by atoms with Gasteiger partial charge in [0.1, 0.15) is 10.7 Å². The fraction of sp³-hybridized carbons (Fsp3) is 0.125. The van der Waals surface area contributed by atoms with E-state index in [1.54, 1.807) is 19.2 Å². The van der Waals surface area contributed by atoms with Gasteiger partial charge in [-0.2, -0.15) is 4.98 Å². The third-order valence-electron chi connectivity index (χ3n) is 1.88. The van der Waals surface area contributed by atoms with Crippen LogP contribution in [0.4, 0.5) is 0 Å². The number of fused-ring (bicyclic) bond motifs is 1. The van der Waals surface area contributed by atoms with Crippen molar-refractivity contribution >= 4 is 34.2 Å². The number of halogens is 2. The lowest BCUT2D eigenvalue weighted by Gasteiger charge is -2.03. The highest BCUT2D eigenvalue weighted by molar-refractivity contribution is 6.34. The van der Waals surface area contributed by atoms with Gasteiger partial charge in [-0.1, -0.05) is 23.2 Å².